The molecule has 0 spiro atoms. The van der Waals surface area contributed by atoms with Crippen LogP contribution in [0, 0.1) is 5.41 Å². The number of ether oxygens (including phenoxy) is 1. The molecule has 0 amide bonds. The van der Waals surface area contributed by atoms with Gasteiger partial charge >= 0.3 is 0 Å². The molecular weight excluding hydrogens is 270 g/mol. The maximum absolute atomic E-state index is 6.97. The molecule has 0 radical (unpaired) electrons. The van der Waals surface area contributed by atoms with Gasteiger partial charge in [0.1, 0.15) is 12.2 Å². The summed E-state index contributed by atoms with van der Waals surface area (Å²) in [5.74, 6) is 0.721. The molecule has 2 N–H and O–H groups in total. The van der Waals surface area contributed by atoms with Crippen molar-refractivity contribution in [1.82, 2.24) is 0 Å². The highest BCUT2D eigenvalue weighted by atomic mass is 79.9. The smallest absolute Gasteiger partial charge is 0.110 e. The molecule has 0 saturated carbocycles. The van der Waals surface area contributed by atoms with Gasteiger partial charge in [0.2, 0.25) is 0 Å². The summed E-state index contributed by atoms with van der Waals surface area (Å²) in [5.41, 5.74) is 0.944. The van der Waals surface area contributed by atoms with Gasteiger partial charge in [0.05, 0.1) is 6.61 Å². The minimum absolute atomic E-state index is 0.580. The Hall–Kier alpha value is -1.20. The van der Waals surface area contributed by atoms with Crippen molar-refractivity contribution in [2.24, 2.45) is 4.99 Å². The molecule has 0 fully saturated rings. The first-order valence-electron chi connectivity index (χ1n) is 4.83. The van der Waals surface area contributed by atoms with Gasteiger partial charge in [-0.2, -0.15) is 0 Å². The quantitative estimate of drug-likeness (QED) is 0.645. The fourth-order valence-electron chi connectivity index (χ4n) is 1.14. The van der Waals surface area contributed by atoms with E-state index >= 15 is 0 Å². The summed E-state index contributed by atoms with van der Waals surface area (Å²) in [6, 6.07) is 7.77. The highest BCUT2D eigenvalue weighted by Crippen LogP contribution is 2.14. The fourth-order valence-corrected chi connectivity index (χ4v) is 1.40. The van der Waals surface area contributed by atoms with Crippen molar-refractivity contribution in [2.45, 2.75) is 6.42 Å². The van der Waals surface area contributed by atoms with E-state index in [1.54, 1.807) is 7.11 Å². The van der Waals surface area contributed by atoms with Crippen molar-refractivity contribution in [3.8, 4) is 0 Å². The van der Waals surface area contributed by atoms with Crippen LogP contribution < -0.4 is 5.32 Å². The molecule has 1 aromatic rings. The number of nitrogens with one attached hydrogen (secondary N) is 2. The third kappa shape index (κ3) is 4.55. The van der Waals surface area contributed by atoms with E-state index in [2.05, 4.69) is 26.2 Å². The average molecular weight is 284 g/mol. The van der Waals surface area contributed by atoms with E-state index in [0.29, 0.717) is 13.0 Å². The van der Waals surface area contributed by atoms with Crippen LogP contribution in [0.4, 0.5) is 5.69 Å². The van der Waals surface area contributed by atoms with Crippen molar-refractivity contribution >= 4 is 33.8 Å². The highest BCUT2D eigenvalue weighted by molar-refractivity contribution is 9.10. The third-order valence-corrected chi connectivity index (χ3v) is 2.42. The van der Waals surface area contributed by atoms with Crippen LogP contribution in [-0.2, 0) is 4.74 Å². The zero-order valence-electron chi connectivity index (χ0n) is 9.03. The number of benzene rings is 1. The van der Waals surface area contributed by atoms with Crippen LogP contribution in [0.3, 0.4) is 0 Å². The number of rotatable bonds is 5. The first-order chi connectivity index (χ1) is 7.76. The molecule has 0 aliphatic heterocycles. The van der Waals surface area contributed by atoms with Crippen molar-refractivity contribution < 1.29 is 4.74 Å². The van der Waals surface area contributed by atoms with Gasteiger partial charge in [0, 0.05) is 23.7 Å². The average Bonchev–Trinajstić information content (AvgIpc) is 2.29. The predicted molar refractivity (Wildman–Crippen MR) is 70.5 cm³/mol. The second-order valence-corrected chi connectivity index (χ2v) is 4.00. The number of methoxy groups -OCH3 is 1. The molecule has 0 aliphatic carbocycles. The summed E-state index contributed by atoms with van der Waals surface area (Å²) < 4.78 is 6.00. The summed E-state index contributed by atoms with van der Waals surface area (Å²) in [6.07, 6.45) is 1.68. The molecule has 5 heteroatoms. The molecule has 0 heterocycles. The maximum atomic E-state index is 6.97. The van der Waals surface area contributed by atoms with Crippen molar-refractivity contribution in [3.63, 3.8) is 0 Å². The lowest BCUT2D eigenvalue weighted by molar-refractivity contribution is 0.207. The van der Waals surface area contributed by atoms with E-state index in [4.69, 9.17) is 10.1 Å². The minimum Gasteiger partial charge on any atom is -0.384 e. The van der Waals surface area contributed by atoms with Crippen molar-refractivity contribution in [3.05, 3.63) is 28.7 Å². The lowest BCUT2D eigenvalue weighted by atomic mass is 10.3. The number of halogens is 1. The lowest BCUT2D eigenvalue weighted by Crippen LogP contribution is -2.14. The summed E-state index contributed by atoms with van der Waals surface area (Å²) in [7, 11) is 1.64. The topological polar surface area (TPSA) is 57.5 Å². The second kappa shape index (κ2) is 7.14. The largest absolute Gasteiger partial charge is 0.384 e. The van der Waals surface area contributed by atoms with Gasteiger partial charge in [0.25, 0.3) is 0 Å². The third-order valence-electron chi connectivity index (χ3n) is 1.90. The summed E-state index contributed by atoms with van der Waals surface area (Å²) in [6.45, 7) is 0.580. The van der Waals surface area contributed by atoms with E-state index in [9.17, 15) is 0 Å². The molecule has 16 heavy (non-hydrogen) atoms. The van der Waals surface area contributed by atoms with Gasteiger partial charge < -0.3 is 10.1 Å². The van der Waals surface area contributed by atoms with E-state index < -0.39 is 0 Å². The second-order valence-electron chi connectivity index (χ2n) is 3.08. The lowest BCUT2D eigenvalue weighted by Gasteiger charge is -2.08. The number of hydrogen-bond acceptors (Lipinski definition) is 2. The van der Waals surface area contributed by atoms with Crippen LogP contribution in [0.25, 0.3) is 0 Å². The number of amidine groups is 1. The van der Waals surface area contributed by atoms with Crippen LogP contribution in [0.2, 0.25) is 0 Å². The Bertz CT molecular complexity index is 362. The first kappa shape index (κ1) is 12.9. The Morgan fingerprint density at radius 2 is 2.19 bits per heavy atom. The SMILES string of the molecule is COCC/C(=N/C=N)Nc1ccc(Br)cc1. The Balaban J connectivity index is 2.64. The standard InChI is InChI=1S/C11H14BrN3O/c1-16-7-6-11(14-8-13)15-10-4-2-9(12)3-5-10/h2-5,8H,6-7H2,1H3,(H2,13,14,15). The molecule has 0 atom stereocenters. The van der Waals surface area contributed by atoms with E-state index in [-0.39, 0.29) is 0 Å². The molecule has 86 valence electrons. The number of hydrogen-bond donors (Lipinski definition) is 2. The Kier molecular flexibility index (Phi) is 5.74. The molecule has 0 saturated heterocycles. The van der Waals surface area contributed by atoms with Gasteiger partial charge in [-0.3, -0.25) is 5.41 Å². The van der Waals surface area contributed by atoms with Crippen LogP contribution in [-0.4, -0.2) is 25.9 Å². The number of aliphatic imine (C=N–C) groups is 1. The zero-order chi connectivity index (χ0) is 11.8. The number of anilines is 1. The molecule has 1 rings (SSSR count). The van der Waals surface area contributed by atoms with Crippen molar-refractivity contribution in [2.75, 3.05) is 19.0 Å². The Labute approximate surface area is 103 Å². The molecule has 0 unspecified atom stereocenters. The van der Waals surface area contributed by atoms with Gasteiger partial charge in [-0.05, 0) is 24.3 Å². The fraction of sp³-hybridized carbons (Fsp3) is 0.273. The van der Waals surface area contributed by atoms with Crippen LogP contribution in [0.1, 0.15) is 6.42 Å². The zero-order valence-corrected chi connectivity index (χ0v) is 10.6. The van der Waals surface area contributed by atoms with E-state index in [1.165, 1.54) is 0 Å². The van der Waals surface area contributed by atoms with E-state index in [1.807, 2.05) is 24.3 Å². The summed E-state index contributed by atoms with van der Waals surface area (Å²) in [4.78, 5) is 3.93. The Morgan fingerprint density at radius 1 is 1.50 bits per heavy atom. The predicted octanol–water partition coefficient (Wildman–Crippen LogP) is 2.90. The van der Waals surface area contributed by atoms with Gasteiger partial charge in [-0.25, -0.2) is 4.99 Å². The molecule has 4 nitrogen and oxygen atoms in total. The molecular formula is C11H14BrN3O. The Morgan fingerprint density at radius 3 is 2.75 bits per heavy atom. The van der Waals surface area contributed by atoms with Gasteiger partial charge in [0.15, 0.2) is 0 Å². The molecule has 0 aromatic heterocycles. The monoisotopic (exact) mass is 283 g/mol. The summed E-state index contributed by atoms with van der Waals surface area (Å²) in [5, 5.41) is 10.1. The van der Waals surface area contributed by atoms with Gasteiger partial charge in [-0.1, -0.05) is 15.9 Å². The maximum Gasteiger partial charge on any atom is 0.110 e. The molecule has 0 aliphatic rings. The van der Waals surface area contributed by atoms with Crippen molar-refractivity contribution in [1.29, 1.82) is 5.41 Å². The minimum atomic E-state index is 0.580. The van der Waals surface area contributed by atoms with E-state index in [0.717, 1.165) is 22.3 Å². The van der Waals surface area contributed by atoms with Crippen LogP contribution in [0.5, 0.6) is 0 Å². The molecule has 0 bridgehead atoms. The summed E-state index contributed by atoms with van der Waals surface area (Å²) >= 11 is 3.37. The normalized spacial score (nSPS) is 11.2. The highest BCUT2D eigenvalue weighted by Gasteiger charge is 1.99. The van der Waals surface area contributed by atoms with Gasteiger partial charge in [-0.15, -0.1) is 0 Å². The van der Waals surface area contributed by atoms with Crippen LogP contribution in [0.15, 0.2) is 33.7 Å². The van der Waals surface area contributed by atoms with Crippen LogP contribution >= 0.6 is 15.9 Å². The number of nitrogens with zero attached hydrogens (tertiary/aromatic N) is 1. The first-order valence-corrected chi connectivity index (χ1v) is 5.62. The molecule has 1 aromatic carbocycles.